The fourth-order valence-electron chi connectivity index (χ4n) is 3.02. The van der Waals surface area contributed by atoms with E-state index in [1.54, 1.807) is 20.8 Å². The molecular weight excluding hydrogens is 258 g/mol. The van der Waals surface area contributed by atoms with Gasteiger partial charge < -0.3 is 9.47 Å². The SMILES string of the molecule is CCOC(=O)C(C)C(C#N)(C(=O)OCC)C1CCCC1. The van der Waals surface area contributed by atoms with Crippen LogP contribution < -0.4 is 0 Å². The Morgan fingerprint density at radius 3 is 2.25 bits per heavy atom. The van der Waals surface area contributed by atoms with Crippen LogP contribution in [-0.2, 0) is 19.1 Å². The van der Waals surface area contributed by atoms with Gasteiger partial charge in [-0.15, -0.1) is 0 Å². The van der Waals surface area contributed by atoms with Crippen LogP contribution in [0.4, 0.5) is 0 Å². The van der Waals surface area contributed by atoms with Gasteiger partial charge in [-0.25, -0.2) is 0 Å². The van der Waals surface area contributed by atoms with E-state index in [1.807, 2.05) is 0 Å². The Kier molecular flexibility index (Phi) is 6.00. The molecule has 1 fully saturated rings. The zero-order valence-electron chi connectivity index (χ0n) is 12.5. The molecule has 1 aliphatic carbocycles. The molecule has 1 aliphatic rings. The molecule has 0 aliphatic heterocycles. The lowest BCUT2D eigenvalue weighted by Crippen LogP contribution is -2.47. The quantitative estimate of drug-likeness (QED) is 0.699. The summed E-state index contributed by atoms with van der Waals surface area (Å²) in [7, 11) is 0. The molecule has 0 heterocycles. The van der Waals surface area contributed by atoms with Crippen molar-refractivity contribution in [3.8, 4) is 6.07 Å². The van der Waals surface area contributed by atoms with E-state index in [9.17, 15) is 14.9 Å². The van der Waals surface area contributed by atoms with E-state index in [1.165, 1.54) is 0 Å². The first-order chi connectivity index (χ1) is 9.54. The van der Waals surface area contributed by atoms with Crippen LogP contribution >= 0.6 is 0 Å². The van der Waals surface area contributed by atoms with Crippen LogP contribution in [0.3, 0.4) is 0 Å². The number of hydrogen-bond acceptors (Lipinski definition) is 5. The molecule has 1 saturated carbocycles. The number of nitriles is 1. The van der Waals surface area contributed by atoms with Gasteiger partial charge in [0.2, 0.25) is 0 Å². The van der Waals surface area contributed by atoms with Crippen LogP contribution in [0.15, 0.2) is 0 Å². The van der Waals surface area contributed by atoms with Crippen molar-refractivity contribution in [1.29, 1.82) is 5.26 Å². The topological polar surface area (TPSA) is 76.4 Å². The van der Waals surface area contributed by atoms with Crippen LogP contribution in [0, 0.1) is 28.6 Å². The molecule has 2 unspecified atom stereocenters. The van der Waals surface area contributed by atoms with Gasteiger partial charge in [-0.05, 0) is 39.5 Å². The van der Waals surface area contributed by atoms with Crippen molar-refractivity contribution < 1.29 is 19.1 Å². The van der Waals surface area contributed by atoms with E-state index in [4.69, 9.17) is 9.47 Å². The molecule has 2 atom stereocenters. The van der Waals surface area contributed by atoms with Gasteiger partial charge in [-0.1, -0.05) is 12.8 Å². The third kappa shape index (κ3) is 2.95. The molecule has 0 radical (unpaired) electrons. The average molecular weight is 281 g/mol. The Morgan fingerprint density at radius 1 is 1.25 bits per heavy atom. The second kappa shape index (κ2) is 7.28. The summed E-state index contributed by atoms with van der Waals surface area (Å²) in [6, 6.07) is 2.11. The third-order valence-electron chi connectivity index (χ3n) is 4.12. The number of ether oxygens (including phenoxy) is 2. The molecule has 1 rings (SSSR count). The summed E-state index contributed by atoms with van der Waals surface area (Å²) in [5.74, 6) is -2.04. The maximum absolute atomic E-state index is 12.4. The van der Waals surface area contributed by atoms with Gasteiger partial charge in [0.25, 0.3) is 0 Å². The smallest absolute Gasteiger partial charge is 0.327 e. The molecule has 112 valence electrons. The molecular formula is C15H23NO4. The van der Waals surface area contributed by atoms with E-state index in [0.717, 1.165) is 25.7 Å². The van der Waals surface area contributed by atoms with Crippen LogP contribution in [0.1, 0.15) is 46.5 Å². The van der Waals surface area contributed by atoms with E-state index < -0.39 is 23.3 Å². The van der Waals surface area contributed by atoms with E-state index in [2.05, 4.69) is 6.07 Å². The molecule has 5 nitrogen and oxygen atoms in total. The number of esters is 2. The first-order valence-electron chi connectivity index (χ1n) is 7.29. The fraction of sp³-hybridized carbons (Fsp3) is 0.800. The van der Waals surface area contributed by atoms with Gasteiger partial charge >= 0.3 is 11.9 Å². The number of nitrogens with zero attached hydrogens (tertiary/aromatic N) is 1. The predicted octanol–water partition coefficient (Wildman–Crippen LogP) is 2.45. The average Bonchev–Trinajstić information content (AvgIpc) is 2.95. The highest BCUT2D eigenvalue weighted by atomic mass is 16.5. The summed E-state index contributed by atoms with van der Waals surface area (Å²) in [5, 5.41) is 9.66. The van der Waals surface area contributed by atoms with Gasteiger partial charge in [0, 0.05) is 0 Å². The van der Waals surface area contributed by atoms with Crippen molar-refractivity contribution in [3.63, 3.8) is 0 Å². The van der Waals surface area contributed by atoms with Crippen molar-refractivity contribution >= 4 is 11.9 Å². The number of carbonyl (C=O) groups excluding carboxylic acids is 2. The minimum atomic E-state index is -1.42. The lowest BCUT2D eigenvalue weighted by Gasteiger charge is -2.34. The van der Waals surface area contributed by atoms with Gasteiger partial charge in [0.15, 0.2) is 5.41 Å². The Balaban J connectivity index is 3.13. The van der Waals surface area contributed by atoms with Crippen LogP contribution in [0.25, 0.3) is 0 Å². The zero-order chi connectivity index (χ0) is 15.2. The maximum Gasteiger partial charge on any atom is 0.327 e. The van der Waals surface area contributed by atoms with Crippen LogP contribution in [0.2, 0.25) is 0 Å². The predicted molar refractivity (Wildman–Crippen MR) is 72.4 cm³/mol. The second-order valence-electron chi connectivity index (χ2n) is 5.16. The Bertz CT molecular complexity index is 395. The number of carbonyl (C=O) groups is 2. The molecule has 0 bridgehead atoms. The summed E-state index contributed by atoms with van der Waals surface area (Å²) in [5.41, 5.74) is -1.42. The fourth-order valence-corrected chi connectivity index (χ4v) is 3.02. The Labute approximate surface area is 120 Å². The highest BCUT2D eigenvalue weighted by Crippen LogP contribution is 2.46. The molecule has 0 N–H and O–H groups in total. The standard InChI is InChI=1S/C15H23NO4/c1-4-19-13(17)11(3)15(10-16,14(18)20-5-2)12-8-6-7-9-12/h11-12H,4-9H2,1-3H3. The maximum atomic E-state index is 12.4. The molecule has 0 amide bonds. The lowest BCUT2D eigenvalue weighted by atomic mass is 9.67. The van der Waals surface area contributed by atoms with E-state index in [-0.39, 0.29) is 19.1 Å². The molecule has 0 aromatic rings. The normalized spacial score (nSPS) is 19.7. The summed E-state index contributed by atoms with van der Waals surface area (Å²) < 4.78 is 10.1. The first kappa shape index (κ1) is 16.5. The zero-order valence-corrected chi connectivity index (χ0v) is 12.5. The molecule has 5 heteroatoms. The summed E-state index contributed by atoms with van der Waals surface area (Å²) >= 11 is 0. The molecule has 0 aromatic heterocycles. The molecule has 0 aromatic carbocycles. The number of hydrogen-bond donors (Lipinski definition) is 0. The monoisotopic (exact) mass is 281 g/mol. The molecule has 0 saturated heterocycles. The van der Waals surface area contributed by atoms with Gasteiger partial charge in [-0.2, -0.15) is 5.26 Å². The van der Waals surface area contributed by atoms with Crippen LogP contribution in [0.5, 0.6) is 0 Å². The highest BCUT2D eigenvalue weighted by molar-refractivity contribution is 5.88. The van der Waals surface area contributed by atoms with Gasteiger partial charge in [-0.3, -0.25) is 9.59 Å². The Morgan fingerprint density at radius 2 is 1.80 bits per heavy atom. The van der Waals surface area contributed by atoms with Crippen molar-refractivity contribution in [3.05, 3.63) is 0 Å². The first-order valence-corrected chi connectivity index (χ1v) is 7.29. The van der Waals surface area contributed by atoms with Crippen molar-refractivity contribution in [2.75, 3.05) is 13.2 Å². The number of rotatable bonds is 6. The largest absolute Gasteiger partial charge is 0.466 e. The van der Waals surface area contributed by atoms with E-state index in [0.29, 0.717) is 0 Å². The summed E-state index contributed by atoms with van der Waals surface area (Å²) in [6.45, 7) is 5.43. The minimum absolute atomic E-state index is 0.133. The lowest BCUT2D eigenvalue weighted by molar-refractivity contribution is -0.168. The summed E-state index contributed by atoms with van der Waals surface area (Å²) in [6.07, 6.45) is 3.50. The van der Waals surface area contributed by atoms with Crippen LogP contribution in [-0.4, -0.2) is 25.2 Å². The molecule has 20 heavy (non-hydrogen) atoms. The molecule has 0 spiro atoms. The van der Waals surface area contributed by atoms with E-state index >= 15 is 0 Å². The second-order valence-corrected chi connectivity index (χ2v) is 5.16. The van der Waals surface area contributed by atoms with Gasteiger partial charge in [0.1, 0.15) is 0 Å². The highest BCUT2D eigenvalue weighted by Gasteiger charge is 2.55. The minimum Gasteiger partial charge on any atom is -0.466 e. The van der Waals surface area contributed by atoms with Gasteiger partial charge in [0.05, 0.1) is 25.2 Å². The third-order valence-corrected chi connectivity index (χ3v) is 4.12. The Hall–Kier alpha value is -1.57. The van der Waals surface area contributed by atoms with Crippen molar-refractivity contribution in [2.45, 2.75) is 46.5 Å². The summed E-state index contributed by atoms with van der Waals surface area (Å²) in [4.78, 5) is 24.4. The van der Waals surface area contributed by atoms with Crippen molar-refractivity contribution in [2.24, 2.45) is 17.3 Å². The van der Waals surface area contributed by atoms with Crippen molar-refractivity contribution in [1.82, 2.24) is 0 Å².